The van der Waals surface area contributed by atoms with Crippen LogP contribution in [0.15, 0.2) is 51.9 Å². The van der Waals surface area contributed by atoms with Gasteiger partial charge in [0, 0.05) is 37.0 Å². The number of halogens is 1. The Morgan fingerprint density at radius 3 is 2.67 bits per heavy atom. The molecule has 1 atom stereocenters. The molecule has 0 saturated carbocycles. The highest BCUT2D eigenvalue weighted by Crippen LogP contribution is 2.28. The average Bonchev–Trinajstić information content (AvgIpc) is 3.21. The van der Waals surface area contributed by atoms with Crippen molar-refractivity contribution >= 4 is 46.2 Å². The second-order valence-electron chi connectivity index (χ2n) is 9.53. The number of hydrogen-bond acceptors (Lipinski definition) is 6. The first-order valence-corrected chi connectivity index (χ1v) is 13.6. The Morgan fingerprint density at radius 1 is 1.15 bits per heavy atom. The van der Waals surface area contributed by atoms with Crippen LogP contribution >= 0.6 is 11.6 Å². The molecule has 1 fully saturated rings. The van der Waals surface area contributed by atoms with Gasteiger partial charge in [-0.2, -0.15) is 0 Å². The van der Waals surface area contributed by atoms with Gasteiger partial charge >= 0.3 is 6.03 Å². The number of rotatable bonds is 8. The van der Waals surface area contributed by atoms with Crippen molar-refractivity contribution in [2.45, 2.75) is 59.3 Å². The maximum absolute atomic E-state index is 13.2. The van der Waals surface area contributed by atoms with Gasteiger partial charge < -0.3 is 19.2 Å². The summed E-state index contributed by atoms with van der Waals surface area (Å²) in [6.45, 7) is 6.95. The molecule has 9 nitrogen and oxygen atoms in total. The van der Waals surface area contributed by atoms with Gasteiger partial charge in [-0.25, -0.2) is 9.79 Å². The van der Waals surface area contributed by atoms with Crippen molar-refractivity contribution in [2.24, 2.45) is 4.99 Å². The van der Waals surface area contributed by atoms with Crippen molar-refractivity contribution in [3.8, 4) is 0 Å². The fraction of sp³-hybridized carbons (Fsp3) is 0.414. The Hall–Kier alpha value is -3.40. The van der Waals surface area contributed by atoms with Crippen molar-refractivity contribution in [3.63, 3.8) is 0 Å². The summed E-state index contributed by atoms with van der Waals surface area (Å²) >= 11 is 6.01. The summed E-state index contributed by atoms with van der Waals surface area (Å²) in [7, 11) is 0. The zero-order chi connectivity index (χ0) is 27.8. The smallest absolute Gasteiger partial charge is 0.330 e. The lowest BCUT2D eigenvalue weighted by atomic mass is 10.1. The predicted molar refractivity (Wildman–Crippen MR) is 151 cm³/mol. The third-order valence-corrected chi connectivity index (χ3v) is 6.84. The predicted octanol–water partition coefficient (Wildman–Crippen LogP) is 5.97. The first-order chi connectivity index (χ1) is 18.8. The summed E-state index contributed by atoms with van der Waals surface area (Å²) in [5, 5.41) is 7.54. The number of carbonyl (C=O) groups excluding carboxylic acids is 2. The minimum Gasteiger partial charge on any atom is -0.461 e. The van der Waals surface area contributed by atoms with E-state index in [0.717, 1.165) is 52.0 Å². The average molecular weight is 555 g/mol. The molecular weight excluding hydrogens is 520 g/mol. The van der Waals surface area contributed by atoms with E-state index in [9.17, 15) is 9.59 Å². The molecule has 0 spiro atoms. The molecule has 3 amide bonds. The first-order valence-electron chi connectivity index (χ1n) is 13.2. The standard InChI is InChI=1S/C29H35ClN4O5/c1-19-20(2)39-26-13-12-24(17-25(19)26)32-28(31-18-22-8-10-23(30)11-9-22)33-29(36)34(21(3)35)14-6-16-38-27-7-4-5-15-37-27/h8-13,17,27H,4-7,14-16,18H2,1-3H3,(H2,31,32,33,36). The number of fused-ring (bicyclic) bond motifs is 1. The molecule has 4 rings (SSSR count). The van der Waals surface area contributed by atoms with Crippen LogP contribution in [0.5, 0.6) is 0 Å². The van der Waals surface area contributed by atoms with Crippen molar-refractivity contribution in [2.75, 3.05) is 19.8 Å². The molecule has 2 heterocycles. The number of aryl methyl sites for hydroxylation is 2. The van der Waals surface area contributed by atoms with Gasteiger partial charge in [-0.15, -0.1) is 0 Å². The lowest BCUT2D eigenvalue weighted by Crippen LogP contribution is -2.49. The number of hydrogen-bond donors (Lipinski definition) is 2. The van der Waals surface area contributed by atoms with E-state index in [1.807, 2.05) is 44.2 Å². The minimum atomic E-state index is -0.574. The van der Waals surface area contributed by atoms with Gasteiger partial charge in [0.1, 0.15) is 11.3 Å². The number of carbonyl (C=O) groups is 2. The largest absolute Gasteiger partial charge is 0.461 e. The molecule has 3 aromatic rings. The normalized spacial score (nSPS) is 15.8. The summed E-state index contributed by atoms with van der Waals surface area (Å²) in [5.41, 5.74) is 3.38. The Kier molecular flexibility index (Phi) is 9.97. The third-order valence-electron chi connectivity index (χ3n) is 6.59. The van der Waals surface area contributed by atoms with Crippen LogP contribution in [0.4, 0.5) is 10.5 Å². The molecule has 1 unspecified atom stereocenters. The van der Waals surface area contributed by atoms with Gasteiger partial charge in [0.15, 0.2) is 6.29 Å². The van der Waals surface area contributed by atoms with Gasteiger partial charge in [0.05, 0.1) is 12.3 Å². The van der Waals surface area contributed by atoms with Crippen LogP contribution in [0.2, 0.25) is 5.02 Å². The zero-order valence-corrected chi connectivity index (χ0v) is 23.3. The topological polar surface area (TPSA) is 105 Å². The number of aliphatic imine (C=N–C) groups is 1. The number of amides is 3. The molecule has 1 aliphatic rings. The van der Waals surface area contributed by atoms with Gasteiger partial charge in [0.2, 0.25) is 11.9 Å². The van der Waals surface area contributed by atoms with Crippen molar-refractivity contribution in [3.05, 3.63) is 64.4 Å². The monoisotopic (exact) mass is 554 g/mol. The summed E-state index contributed by atoms with van der Waals surface area (Å²) < 4.78 is 17.1. The summed E-state index contributed by atoms with van der Waals surface area (Å²) in [4.78, 5) is 31.3. The van der Waals surface area contributed by atoms with E-state index in [4.69, 9.17) is 25.5 Å². The fourth-order valence-electron chi connectivity index (χ4n) is 4.28. The molecule has 0 radical (unpaired) electrons. The van der Waals surface area contributed by atoms with E-state index >= 15 is 0 Å². The zero-order valence-electron chi connectivity index (χ0n) is 22.6. The van der Waals surface area contributed by atoms with E-state index in [2.05, 4.69) is 15.6 Å². The van der Waals surface area contributed by atoms with Crippen molar-refractivity contribution in [1.29, 1.82) is 0 Å². The number of urea groups is 1. The van der Waals surface area contributed by atoms with Crippen LogP contribution in [0.1, 0.15) is 49.5 Å². The molecule has 39 heavy (non-hydrogen) atoms. The Labute approximate surface area is 233 Å². The molecule has 0 aliphatic carbocycles. The fourth-order valence-corrected chi connectivity index (χ4v) is 4.41. The lowest BCUT2D eigenvalue weighted by Gasteiger charge is -2.24. The van der Waals surface area contributed by atoms with Gasteiger partial charge in [-0.3, -0.25) is 15.0 Å². The van der Waals surface area contributed by atoms with Crippen LogP contribution in [-0.4, -0.2) is 48.8 Å². The van der Waals surface area contributed by atoms with Gasteiger partial charge in [-0.05, 0) is 81.0 Å². The maximum atomic E-state index is 13.2. The Balaban J connectivity index is 1.46. The number of nitrogens with one attached hydrogen (secondary N) is 2. The van der Waals surface area contributed by atoms with Crippen LogP contribution in [0, 0.1) is 13.8 Å². The third kappa shape index (κ3) is 8.05. The number of benzene rings is 2. The number of nitrogens with zero attached hydrogens (tertiary/aromatic N) is 2. The second-order valence-corrected chi connectivity index (χ2v) is 9.96. The van der Waals surface area contributed by atoms with E-state index in [1.54, 1.807) is 12.1 Å². The van der Waals surface area contributed by atoms with Crippen LogP contribution in [-0.2, 0) is 20.8 Å². The SMILES string of the molecule is CC(=O)N(CCCOC1CCCCO1)C(=O)N/C(=N\c1ccc2oc(C)c(C)c2c1)NCc1ccc(Cl)cc1. The van der Waals surface area contributed by atoms with Gasteiger partial charge in [-0.1, -0.05) is 23.7 Å². The molecule has 1 aromatic heterocycles. The number of furan rings is 1. The van der Waals surface area contributed by atoms with Crippen LogP contribution in [0.3, 0.4) is 0 Å². The highest BCUT2D eigenvalue weighted by Gasteiger charge is 2.20. The highest BCUT2D eigenvalue weighted by atomic mass is 35.5. The summed E-state index contributed by atoms with van der Waals surface area (Å²) in [5.74, 6) is 0.686. The summed E-state index contributed by atoms with van der Waals surface area (Å²) in [6.07, 6.45) is 3.26. The van der Waals surface area contributed by atoms with Crippen molar-refractivity contribution in [1.82, 2.24) is 15.5 Å². The molecule has 10 heteroatoms. The molecule has 2 aromatic carbocycles. The van der Waals surface area contributed by atoms with Gasteiger partial charge in [0.25, 0.3) is 0 Å². The highest BCUT2D eigenvalue weighted by molar-refractivity contribution is 6.30. The minimum absolute atomic E-state index is 0.206. The van der Waals surface area contributed by atoms with Crippen molar-refractivity contribution < 1.29 is 23.5 Å². The lowest BCUT2D eigenvalue weighted by molar-refractivity contribution is -0.163. The number of imide groups is 1. The number of ether oxygens (including phenoxy) is 2. The van der Waals surface area contributed by atoms with E-state index in [0.29, 0.717) is 36.9 Å². The molecular formula is C29H35ClN4O5. The molecule has 1 saturated heterocycles. The second kappa shape index (κ2) is 13.6. The van der Waals surface area contributed by atoms with Crippen LogP contribution < -0.4 is 10.6 Å². The Morgan fingerprint density at radius 2 is 1.95 bits per heavy atom. The molecule has 208 valence electrons. The van der Waals surface area contributed by atoms with E-state index in [-0.39, 0.29) is 24.7 Å². The molecule has 1 aliphatic heterocycles. The molecule has 0 bridgehead atoms. The Bertz CT molecular complexity index is 1320. The summed E-state index contributed by atoms with van der Waals surface area (Å²) in [6, 6.07) is 12.4. The van der Waals surface area contributed by atoms with Crippen LogP contribution in [0.25, 0.3) is 11.0 Å². The van der Waals surface area contributed by atoms with E-state index < -0.39 is 6.03 Å². The maximum Gasteiger partial charge on any atom is 0.330 e. The van der Waals surface area contributed by atoms with E-state index in [1.165, 1.54) is 6.92 Å². The number of guanidine groups is 1. The quantitative estimate of drug-likeness (QED) is 0.202. The first kappa shape index (κ1) is 28.6. The molecule has 2 N–H and O–H groups in total.